The monoisotopic (exact) mass is 359 g/mol. The normalized spacial score (nSPS) is 12.4. The first-order valence-corrected chi connectivity index (χ1v) is 7.34. The molecule has 0 radical (unpaired) electrons. The standard InChI is InChI=1S/C15H13BrClF2N/c1-2-20-15(10-7-6-9(17)8-13(10)19)14-11(16)4-3-5-12(14)18/h3-8,15,20H,2H2,1H3. The van der Waals surface area contributed by atoms with Gasteiger partial charge in [-0.05, 0) is 30.8 Å². The Morgan fingerprint density at radius 2 is 1.95 bits per heavy atom. The highest BCUT2D eigenvalue weighted by Gasteiger charge is 2.22. The van der Waals surface area contributed by atoms with Gasteiger partial charge in [0.1, 0.15) is 11.6 Å². The molecule has 1 unspecified atom stereocenters. The Labute approximate surface area is 130 Å². The van der Waals surface area contributed by atoms with Crippen LogP contribution in [-0.4, -0.2) is 6.54 Å². The van der Waals surface area contributed by atoms with Crippen molar-refractivity contribution >= 4 is 27.5 Å². The summed E-state index contributed by atoms with van der Waals surface area (Å²) in [7, 11) is 0. The Morgan fingerprint density at radius 3 is 2.55 bits per heavy atom. The van der Waals surface area contributed by atoms with E-state index in [2.05, 4.69) is 21.2 Å². The molecule has 5 heteroatoms. The van der Waals surface area contributed by atoms with E-state index in [1.807, 2.05) is 6.92 Å². The average Bonchev–Trinajstić information content (AvgIpc) is 2.38. The Kier molecular flexibility index (Phi) is 5.13. The van der Waals surface area contributed by atoms with Crippen molar-refractivity contribution in [3.63, 3.8) is 0 Å². The second-order valence-electron chi connectivity index (χ2n) is 4.29. The number of nitrogens with one attached hydrogen (secondary N) is 1. The van der Waals surface area contributed by atoms with Crippen molar-refractivity contribution in [1.82, 2.24) is 5.32 Å². The molecule has 0 spiro atoms. The van der Waals surface area contributed by atoms with Crippen LogP contribution < -0.4 is 5.32 Å². The number of rotatable bonds is 4. The second-order valence-corrected chi connectivity index (χ2v) is 5.58. The zero-order valence-corrected chi connectivity index (χ0v) is 13.1. The summed E-state index contributed by atoms with van der Waals surface area (Å²) in [5.74, 6) is -0.849. The highest BCUT2D eigenvalue weighted by atomic mass is 79.9. The van der Waals surface area contributed by atoms with Crippen molar-refractivity contribution < 1.29 is 8.78 Å². The fraction of sp³-hybridized carbons (Fsp3) is 0.200. The summed E-state index contributed by atoms with van der Waals surface area (Å²) in [5.41, 5.74) is 0.748. The summed E-state index contributed by atoms with van der Waals surface area (Å²) in [6.45, 7) is 2.46. The molecule has 106 valence electrons. The largest absolute Gasteiger partial charge is 0.306 e. The van der Waals surface area contributed by atoms with Crippen molar-refractivity contribution in [2.24, 2.45) is 0 Å². The van der Waals surface area contributed by atoms with E-state index in [-0.39, 0.29) is 5.82 Å². The first kappa shape index (κ1) is 15.4. The van der Waals surface area contributed by atoms with E-state index in [1.165, 1.54) is 12.1 Å². The van der Waals surface area contributed by atoms with Gasteiger partial charge >= 0.3 is 0 Å². The zero-order chi connectivity index (χ0) is 14.7. The van der Waals surface area contributed by atoms with Crippen LogP contribution in [-0.2, 0) is 0 Å². The van der Waals surface area contributed by atoms with Gasteiger partial charge in [-0.2, -0.15) is 0 Å². The van der Waals surface area contributed by atoms with Crippen molar-refractivity contribution in [2.75, 3.05) is 6.54 Å². The quantitative estimate of drug-likeness (QED) is 0.802. The number of benzene rings is 2. The van der Waals surface area contributed by atoms with Crippen LogP contribution >= 0.6 is 27.5 Å². The van der Waals surface area contributed by atoms with Gasteiger partial charge in [0.15, 0.2) is 0 Å². The van der Waals surface area contributed by atoms with Gasteiger partial charge in [-0.15, -0.1) is 0 Å². The molecule has 1 N–H and O–H groups in total. The molecule has 0 aliphatic carbocycles. The predicted octanol–water partition coefficient (Wildman–Crippen LogP) is 5.08. The second kappa shape index (κ2) is 6.66. The molecule has 0 saturated carbocycles. The van der Waals surface area contributed by atoms with Gasteiger partial charge in [-0.1, -0.05) is 46.6 Å². The minimum atomic E-state index is -0.576. The third-order valence-electron chi connectivity index (χ3n) is 2.97. The van der Waals surface area contributed by atoms with Crippen LogP contribution in [0.5, 0.6) is 0 Å². The Morgan fingerprint density at radius 1 is 1.20 bits per heavy atom. The molecule has 2 aromatic rings. The summed E-state index contributed by atoms with van der Waals surface area (Å²) in [6.07, 6.45) is 0. The van der Waals surface area contributed by atoms with Crippen LogP contribution in [0.4, 0.5) is 8.78 Å². The maximum atomic E-state index is 14.1. The third kappa shape index (κ3) is 3.19. The molecule has 0 saturated heterocycles. The van der Waals surface area contributed by atoms with Crippen molar-refractivity contribution in [1.29, 1.82) is 0 Å². The molecule has 2 aromatic carbocycles. The Bertz CT molecular complexity index is 599. The van der Waals surface area contributed by atoms with Crippen LogP contribution in [0.25, 0.3) is 0 Å². The summed E-state index contributed by atoms with van der Waals surface area (Å²) in [4.78, 5) is 0. The van der Waals surface area contributed by atoms with Crippen LogP contribution in [0.2, 0.25) is 5.02 Å². The Hall–Kier alpha value is -0.970. The van der Waals surface area contributed by atoms with Crippen molar-refractivity contribution in [3.8, 4) is 0 Å². The van der Waals surface area contributed by atoms with Gasteiger partial charge in [0.2, 0.25) is 0 Å². The maximum Gasteiger partial charge on any atom is 0.129 e. The first-order chi connectivity index (χ1) is 9.54. The smallest absolute Gasteiger partial charge is 0.129 e. The molecular formula is C15H13BrClF2N. The lowest BCUT2D eigenvalue weighted by atomic mass is 9.97. The van der Waals surface area contributed by atoms with E-state index in [1.54, 1.807) is 24.3 Å². The summed E-state index contributed by atoms with van der Waals surface area (Å²) in [5, 5.41) is 3.42. The predicted molar refractivity (Wildman–Crippen MR) is 81.0 cm³/mol. The van der Waals surface area contributed by atoms with E-state index >= 15 is 0 Å². The highest BCUT2D eigenvalue weighted by molar-refractivity contribution is 9.10. The molecule has 0 fully saturated rings. The molecule has 0 aliphatic rings. The van der Waals surface area contributed by atoms with E-state index < -0.39 is 11.9 Å². The maximum absolute atomic E-state index is 14.1. The van der Waals surface area contributed by atoms with Crippen LogP contribution in [0.15, 0.2) is 40.9 Å². The molecule has 1 nitrogen and oxygen atoms in total. The fourth-order valence-corrected chi connectivity index (χ4v) is 2.82. The SMILES string of the molecule is CCNC(c1ccc(Cl)cc1F)c1c(F)cccc1Br. The number of hydrogen-bond donors (Lipinski definition) is 1. The average molecular weight is 361 g/mol. The van der Waals surface area contributed by atoms with Crippen molar-refractivity contribution in [3.05, 3.63) is 68.7 Å². The van der Waals surface area contributed by atoms with Gasteiger partial charge in [-0.25, -0.2) is 8.78 Å². The minimum absolute atomic E-state index is 0.314. The van der Waals surface area contributed by atoms with Crippen molar-refractivity contribution in [2.45, 2.75) is 13.0 Å². The summed E-state index contributed by atoms with van der Waals surface area (Å²) < 4.78 is 28.8. The zero-order valence-electron chi connectivity index (χ0n) is 10.8. The lowest BCUT2D eigenvalue weighted by molar-refractivity contribution is 0.529. The van der Waals surface area contributed by atoms with Gasteiger partial charge in [-0.3, -0.25) is 0 Å². The van der Waals surface area contributed by atoms with E-state index in [4.69, 9.17) is 11.6 Å². The number of halogens is 4. The first-order valence-electron chi connectivity index (χ1n) is 6.16. The third-order valence-corrected chi connectivity index (χ3v) is 3.90. The van der Waals surface area contributed by atoms with Gasteiger partial charge in [0, 0.05) is 20.6 Å². The molecule has 1 atom stereocenters. The number of hydrogen-bond acceptors (Lipinski definition) is 1. The highest BCUT2D eigenvalue weighted by Crippen LogP contribution is 2.32. The van der Waals surface area contributed by atoms with Crippen LogP contribution in [0.3, 0.4) is 0 Å². The van der Waals surface area contributed by atoms with Gasteiger partial charge in [0.05, 0.1) is 6.04 Å². The molecule has 20 heavy (non-hydrogen) atoms. The molecular weight excluding hydrogens is 348 g/mol. The molecule has 0 bridgehead atoms. The molecule has 0 aliphatic heterocycles. The van der Waals surface area contributed by atoms with E-state index in [9.17, 15) is 8.78 Å². The lowest BCUT2D eigenvalue weighted by Crippen LogP contribution is -2.24. The van der Waals surface area contributed by atoms with Gasteiger partial charge in [0.25, 0.3) is 0 Å². The Balaban J connectivity index is 2.56. The molecule has 0 aromatic heterocycles. The molecule has 0 heterocycles. The van der Waals surface area contributed by atoms with E-state index in [0.29, 0.717) is 27.2 Å². The molecule has 2 rings (SSSR count). The van der Waals surface area contributed by atoms with Crippen LogP contribution in [0, 0.1) is 11.6 Å². The topological polar surface area (TPSA) is 12.0 Å². The van der Waals surface area contributed by atoms with E-state index in [0.717, 1.165) is 0 Å². The lowest BCUT2D eigenvalue weighted by Gasteiger charge is -2.21. The summed E-state index contributed by atoms with van der Waals surface area (Å²) >= 11 is 9.09. The van der Waals surface area contributed by atoms with Gasteiger partial charge < -0.3 is 5.32 Å². The van der Waals surface area contributed by atoms with Crippen LogP contribution in [0.1, 0.15) is 24.1 Å². The molecule has 0 amide bonds. The fourth-order valence-electron chi connectivity index (χ4n) is 2.09. The summed E-state index contributed by atoms with van der Waals surface area (Å²) in [6, 6.07) is 8.52. The minimum Gasteiger partial charge on any atom is -0.306 e.